The molecule has 0 aliphatic carbocycles. The summed E-state index contributed by atoms with van der Waals surface area (Å²) in [5, 5.41) is 0.139. The highest BCUT2D eigenvalue weighted by Crippen LogP contribution is 2.26. The van der Waals surface area contributed by atoms with E-state index in [9.17, 15) is 18.0 Å². The van der Waals surface area contributed by atoms with Crippen LogP contribution in [0.25, 0.3) is 0 Å². The number of anilines is 1. The van der Waals surface area contributed by atoms with Crippen LogP contribution in [0.3, 0.4) is 0 Å². The predicted octanol–water partition coefficient (Wildman–Crippen LogP) is 2.17. The first-order valence-corrected chi connectivity index (χ1v) is 11.4. The SMILES string of the molecule is CCOC(=O)N1CCN(C(=O)c2sc(NS(=O)(=O)c3ccccc3)nc2C)CC1. The van der Waals surface area contributed by atoms with Gasteiger partial charge in [0, 0.05) is 26.2 Å². The zero-order valence-electron chi connectivity index (χ0n) is 16.1. The molecule has 1 fully saturated rings. The average molecular weight is 439 g/mol. The van der Waals surface area contributed by atoms with Crippen LogP contribution < -0.4 is 4.72 Å². The van der Waals surface area contributed by atoms with Gasteiger partial charge in [-0.1, -0.05) is 29.5 Å². The molecule has 0 atom stereocenters. The molecule has 29 heavy (non-hydrogen) atoms. The zero-order valence-corrected chi connectivity index (χ0v) is 17.8. The molecule has 1 aliphatic heterocycles. The molecular formula is C18H22N4O5S2. The lowest BCUT2D eigenvalue weighted by Crippen LogP contribution is -2.50. The molecule has 1 aromatic carbocycles. The van der Waals surface area contributed by atoms with Crippen molar-refractivity contribution in [2.45, 2.75) is 18.7 Å². The van der Waals surface area contributed by atoms with Gasteiger partial charge in [0.05, 0.1) is 17.2 Å². The zero-order chi connectivity index (χ0) is 21.0. The second-order valence-corrected chi connectivity index (χ2v) is 9.01. The van der Waals surface area contributed by atoms with Crippen LogP contribution in [0.15, 0.2) is 35.2 Å². The van der Waals surface area contributed by atoms with Crippen LogP contribution in [-0.4, -0.2) is 68.0 Å². The highest BCUT2D eigenvalue weighted by atomic mass is 32.2. The van der Waals surface area contributed by atoms with Crippen LogP contribution in [0.4, 0.5) is 9.93 Å². The van der Waals surface area contributed by atoms with Gasteiger partial charge in [-0.15, -0.1) is 0 Å². The Morgan fingerprint density at radius 3 is 2.38 bits per heavy atom. The number of thiazole rings is 1. The maximum absolute atomic E-state index is 12.9. The number of amides is 2. The largest absolute Gasteiger partial charge is 0.450 e. The van der Waals surface area contributed by atoms with Gasteiger partial charge in [0.25, 0.3) is 15.9 Å². The first-order chi connectivity index (χ1) is 13.8. The Labute approximate surface area is 173 Å². The molecule has 0 saturated carbocycles. The van der Waals surface area contributed by atoms with Crippen molar-refractivity contribution in [1.29, 1.82) is 0 Å². The van der Waals surface area contributed by atoms with E-state index in [0.29, 0.717) is 43.4 Å². The second-order valence-electron chi connectivity index (χ2n) is 6.33. The van der Waals surface area contributed by atoms with Gasteiger partial charge in [-0.05, 0) is 26.0 Å². The van der Waals surface area contributed by atoms with Crippen LogP contribution in [-0.2, 0) is 14.8 Å². The number of benzene rings is 1. The Balaban J connectivity index is 1.67. The number of piperazine rings is 1. The lowest BCUT2D eigenvalue weighted by atomic mass is 10.3. The van der Waals surface area contributed by atoms with Gasteiger partial charge in [-0.3, -0.25) is 9.52 Å². The van der Waals surface area contributed by atoms with Gasteiger partial charge in [-0.2, -0.15) is 0 Å². The minimum atomic E-state index is -3.77. The Morgan fingerprint density at radius 2 is 1.76 bits per heavy atom. The third kappa shape index (κ3) is 4.85. The van der Waals surface area contributed by atoms with E-state index in [1.54, 1.807) is 41.8 Å². The summed E-state index contributed by atoms with van der Waals surface area (Å²) in [7, 11) is -3.77. The van der Waals surface area contributed by atoms with E-state index in [-0.39, 0.29) is 22.0 Å². The lowest BCUT2D eigenvalue weighted by Gasteiger charge is -2.33. The van der Waals surface area contributed by atoms with Crippen LogP contribution >= 0.6 is 11.3 Å². The number of ether oxygens (including phenoxy) is 1. The molecule has 2 amide bonds. The number of carbonyl (C=O) groups excluding carboxylic acids is 2. The molecule has 2 heterocycles. The number of nitrogens with one attached hydrogen (secondary N) is 1. The highest BCUT2D eigenvalue weighted by molar-refractivity contribution is 7.93. The van der Waals surface area contributed by atoms with Crippen molar-refractivity contribution in [2.24, 2.45) is 0 Å². The first kappa shape index (κ1) is 21.1. The fraction of sp³-hybridized carbons (Fsp3) is 0.389. The van der Waals surface area contributed by atoms with Gasteiger partial charge < -0.3 is 14.5 Å². The van der Waals surface area contributed by atoms with Gasteiger partial charge in [-0.25, -0.2) is 18.2 Å². The summed E-state index contributed by atoms with van der Waals surface area (Å²) in [5.74, 6) is -0.228. The summed E-state index contributed by atoms with van der Waals surface area (Å²) in [6.45, 7) is 5.23. The van der Waals surface area contributed by atoms with E-state index < -0.39 is 10.0 Å². The minimum absolute atomic E-state index is 0.121. The molecule has 2 aromatic rings. The maximum Gasteiger partial charge on any atom is 0.409 e. The fourth-order valence-corrected chi connectivity index (χ4v) is 5.05. The van der Waals surface area contributed by atoms with Crippen molar-refractivity contribution in [1.82, 2.24) is 14.8 Å². The molecule has 0 spiro atoms. The molecule has 9 nitrogen and oxygen atoms in total. The molecule has 1 aliphatic rings. The van der Waals surface area contributed by atoms with Crippen molar-refractivity contribution in [3.63, 3.8) is 0 Å². The second kappa shape index (κ2) is 8.78. The van der Waals surface area contributed by atoms with Gasteiger partial charge in [0.1, 0.15) is 4.88 Å². The summed E-state index contributed by atoms with van der Waals surface area (Å²) in [4.78, 5) is 32.5. The van der Waals surface area contributed by atoms with Crippen molar-refractivity contribution in [3.05, 3.63) is 40.9 Å². The number of aromatic nitrogens is 1. The highest BCUT2D eigenvalue weighted by Gasteiger charge is 2.28. The number of nitrogens with zero attached hydrogens (tertiary/aromatic N) is 3. The number of sulfonamides is 1. The summed E-state index contributed by atoms with van der Waals surface area (Å²) in [5.41, 5.74) is 0.457. The third-order valence-corrected chi connectivity index (χ3v) is 6.90. The molecule has 1 N–H and O–H groups in total. The molecule has 11 heteroatoms. The Bertz CT molecular complexity index is 983. The van der Waals surface area contributed by atoms with E-state index in [4.69, 9.17) is 4.74 Å². The van der Waals surface area contributed by atoms with E-state index >= 15 is 0 Å². The number of rotatable bonds is 5. The quantitative estimate of drug-likeness (QED) is 0.766. The summed E-state index contributed by atoms with van der Waals surface area (Å²) in [6.07, 6.45) is -0.383. The maximum atomic E-state index is 12.9. The Morgan fingerprint density at radius 1 is 1.14 bits per heavy atom. The number of hydrogen-bond acceptors (Lipinski definition) is 7. The van der Waals surface area contributed by atoms with Crippen LogP contribution in [0.5, 0.6) is 0 Å². The van der Waals surface area contributed by atoms with Crippen LogP contribution in [0.1, 0.15) is 22.3 Å². The Hall–Kier alpha value is -2.66. The Kier molecular flexibility index (Phi) is 6.38. The molecule has 3 rings (SSSR count). The summed E-state index contributed by atoms with van der Waals surface area (Å²) >= 11 is 1.00. The van der Waals surface area contributed by atoms with Crippen molar-refractivity contribution < 1.29 is 22.7 Å². The predicted molar refractivity (Wildman–Crippen MR) is 109 cm³/mol. The number of aryl methyl sites for hydroxylation is 1. The topological polar surface area (TPSA) is 109 Å². The number of hydrogen-bond donors (Lipinski definition) is 1. The minimum Gasteiger partial charge on any atom is -0.450 e. The van der Waals surface area contributed by atoms with Crippen molar-refractivity contribution in [2.75, 3.05) is 37.5 Å². The molecule has 0 unspecified atom stereocenters. The molecular weight excluding hydrogens is 416 g/mol. The van der Waals surface area contributed by atoms with Crippen LogP contribution in [0, 0.1) is 6.92 Å². The smallest absolute Gasteiger partial charge is 0.409 e. The van der Waals surface area contributed by atoms with Crippen LogP contribution in [0.2, 0.25) is 0 Å². The molecule has 0 radical (unpaired) electrons. The molecule has 156 valence electrons. The van der Waals surface area contributed by atoms with E-state index in [0.717, 1.165) is 11.3 Å². The third-order valence-electron chi connectivity index (χ3n) is 4.36. The molecule has 1 aromatic heterocycles. The van der Waals surface area contributed by atoms with E-state index in [1.807, 2.05) is 0 Å². The van der Waals surface area contributed by atoms with Crippen molar-refractivity contribution >= 4 is 38.5 Å². The van der Waals surface area contributed by atoms with E-state index in [2.05, 4.69) is 9.71 Å². The normalized spacial score (nSPS) is 14.6. The van der Waals surface area contributed by atoms with Gasteiger partial charge >= 0.3 is 6.09 Å². The monoisotopic (exact) mass is 438 g/mol. The average Bonchev–Trinajstić information content (AvgIpc) is 3.07. The molecule has 0 bridgehead atoms. The van der Waals surface area contributed by atoms with Crippen molar-refractivity contribution in [3.8, 4) is 0 Å². The first-order valence-electron chi connectivity index (χ1n) is 9.08. The fourth-order valence-electron chi connectivity index (χ4n) is 2.86. The standard InChI is InChI=1S/C18H22N4O5S2/c1-3-27-18(24)22-11-9-21(10-12-22)16(23)15-13(2)19-17(28-15)20-29(25,26)14-7-5-4-6-8-14/h4-8H,3,9-12H2,1-2H3,(H,19,20). The number of carbonyl (C=O) groups is 2. The van der Waals surface area contributed by atoms with E-state index in [1.165, 1.54) is 12.1 Å². The molecule has 1 saturated heterocycles. The van der Waals surface area contributed by atoms with Gasteiger partial charge in [0.2, 0.25) is 0 Å². The van der Waals surface area contributed by atoms with Gasteiger partial charge in [0.15, 0.2) is 5.13 Å². The summed E-state index contributed by atoms with van der Waals surface area (Å²) in [6, 6.07) is 7.96. The summed E-state index contributed by atoms with van der Waals surface area (Å²) < 4.78 is 32.3. The lowest BCUT2D eigenvalue weighted by molar-refractivity contribution is 0.0573.